The summed E-state index contributed by atoms with van der Waals surface area (Å²) in [5.41, 5.74) is 1.75. The van der Waals surface area contributed by atoms with Gasteiger partial charge in [0.2, 0.25) is 11.8 Å². The molecule has 1 fully saturated rings. The highest BCUT2D eigenvalue weighted by atomic mass is 79.9. The van der Waals surface area contributed by atoms with Crippen LogP contribution in [0, 0.1) is 18.8 Å². The zero-order chi connectivity index (χ0) is 18.6. The van der Waals surface area contributed by atoms with Crippen molar-refractivity contribution in [2.45, 2.75) is 27.2 Å². The van der Waals surface area contributed by atoms with Gasteiger partial charge in [-0.3, -0.25) is 14.5 Å². The Hall–Kier alpha value is -1.40. The molecule has 0 bridgehead atoms. The lowest BCUT2D eigenvalue weighted by Gasteiger charge is -2.35. The van der Waals surface area contributed by atoms with Gasteiger partial charge >= 0.3 is 0 Å². The lowest BCUT2D eigenvalue weighted by Crippen LogP contribution is -2.46. The molecule has 2 rings (SSSR count). The minimum absolute atomic E-state index is 0.0102. The number of anilines is 1. The largest absolute Gasteiger partial charge is 0.335 e. The number of rotatable bonds is 5. The zero-order valence-corrected chi connectivity index (χ0v) is 17.1. The maximum atomic E-state index is 12.4. The van der Waals surface area contributed by atoms with Crippen molar-refractivity contribution in [3.8, 4) is 0 Å². The third-order valence-electron chi connectivity index (χ3n) is 4.57. The van der Waals surface area contributed by atoms with Gasteiger partial charge in [-0.05, 0) is 48.9 Å². The van der Waals surface area contributed by atoms with Crippen LogP contribution in [-0.4, -0.2) is 54.8 Å². The minimum atomic E-state index is -0.179. The predicted octanol–water partition coefficient (Wildman–Crippen LogP) is 3.13. The molecule has 0 radical (unpaired) electrons. The van der Waals surface area contributed by atoms with Crippen LogP contribution in [0.25, 0.3) is 0 Å². The third-order valence-corrected chi connectivity index (χ3v) is 5.07. The number of carbonyl (C=O) groups excluding carboxylic acids is 2. The lowest BCUT2D eigenvalue weighted by atomic mass is 9.92. The van der Waals surface area contributed by atoms with E-state index in [0.29, 0.717) is 18.4 Å². The summed E-state index contributed by atoms with van der Waals surface area (Å²) in [6, 6.07) is 5.69. The Labute approximate surface area is 158 Å². The average molecular weight is 410 g/mol. The van der Waals surface area contributed by atoms with E-state index in [4.69, 9.17) is 0 Å². The summed E-state index contributed by atoms with van der Waals surface area (Å²) in [7, 11) is 1.69. The first-order chi connectivity index (χ1) is 11.7. The van der Waals surface area contributed by atoms with Crippen molar-refractivity contribution in [2.75, 3.05) is 38.5 Å². The maximum absolute atomic E-state index is 12.4. The number of hydrogen-bond acceptors (Lipinski definition) is 3. The first-order valence-electron chi connectivity index (χ1n) is 8.77. The first kappa shape index (κ1) is 19.9. The number of carbonyl (C=O) groups is 2. The minimum Gasteiger partial charge on any atom is -0.335 e. The predicted molar refractivity (Wildman–Crippen MR) is 105 cm³/mol. The van der Waals surface area contributed by atoms with Gasteiger partial charge in [-0.2, -0.15) is 0 Å². The van der Waals surface area contributed by atoms with Crippen LogP contribution in [0.5, 0.6) is 0 Å². The molecule has 0 aliphatic carbocycles. The van der Waals surface area contributed by atoms with E-state index >= 15 is 0 Å². The number of nitrogens with one attached hydrogen (secondary N) is 1. The number of amides is 2. The summed E-state index contributed by atoms with van der Waals surface area (Å²) in [6.07, 6.45) is 1.22. The first-order valence-corrected chi connectivity index (χ1v) is 9.56. The average Bonchev–Trinajstić information content (AvgIpc) is 2.49. The molecule has 1 aliphatic rings. The zero-order valence-electron chi connectivity index (χ0n) is 15.5. The Morgan fingerprint density at radius 2 is 1.92 bits per heavy atom. The second-order valence-electron chi connectivity index (χ2n) is 7.40. The van der Waals surface area contributed by atoms with Crippen molar-refractivity contribution in [2.24, 2.45) is 11.8 Å². The van der Waals surface area contributed by atoms with Gasteiger partial charge in [0.05, 0.1) is 13.1 Å². The molecule has 0 unspecified atom stereocenters. The van der Waals surface area contributed by atoms with Gasteiger partial charge < -0.3 is 10.2 Å². The fourth-order valence-electron chi connectivity index (χ4n) is 3.49. The van der Waals surface area contributed by atoms with Crippen LogP contribution >= 0.6 is 15.9 Å². The van der Waals surface area contributed by atoms with Gasteiger partial charge in [0.1, 0.15) is 0 Å². The molecule has 0 spiro atoms. The summed E-state index contributed by atoms with van der Waals surface area (Å²) in [6.45, 7) is 8.75. The highest BCUT2D eigenvalue weighted by Crippen LogP contribution is 2.21. The molecule has 2 amide bonds. The number of likely N-dealkylation sites (tertiary alicyclic amines) is 1. The van der Waals surface area contributed by atoms with E-state index in [-0.39, 0.29) is 18.4 Å². The Morgan fingerprint density at radius 1 is 1.28 bits per heavy atom. The number of piperidine rings is 1. The van der Waals surface area contributed by atoms with Gasteiger partial charge in [0.15, 0.2) is 0 Å². The van der Waals surface area contributed by atoms with Gasteiger partial charge in [-0.15, -0.1) is 0 Å². The molecule has 0 saturated carbocycles. The summed E-state index contributed by atoms with van der Waals surface area (Å²) >= 11 is 3.41. The number of likely N-dealkylation sites (N-methyl/N-ethyl adjacent to an activating group) is 1. The summed E-state index contributed by atoms with van der Waals surface area (Å²) in [5.74, 6) is 1.04. The van der Waals surface area contributed by atoms with Crippen molar-refractivity contribution in [3.63, 3.8) is 0 Å². The quantitative estimate of drug-likeness (QED) is 0.812. The Morgan fingerprint density at radius 3 is 2.52 bits per heavy atom. The van der Waals surface area contributed by atoms with Crippen LogP contribution in [0.2, 0.25) is 0 Å². The molecule has 1 aliphatic heterocycles. The van der Waals surface area contributed by atoms with Crippen LogP contribution < -0.4 is 5.32 Å². The molecule has 1 aromatic rings. The Bertz CT molecular complexity index is 625. The SMILES string of the molecule is Cc1cc(Br)ccc1NC(=O)CN(C)C(=O)CN1C[C@H](C)C[C@@H](C)C1. The van der Waals surface area contributed by atoms with Crippen molar-refractivity contribution in [3.05, 3.63) is 28.2 Å². The molecule has 138 valence electrons. The molecule has 5 nitrogen and oxygen atoms in total. The van der Waals surface area contributed by atoms with E-state index in [0.717, 1.165) is 28.8 Å². The van der Waals surface area contributed by atoms with Crippen LogP contribution in [0.4, 0.5) is 5.69 Å². The van der Waals surface area contributed by atoms with Gasteiger partial charge in [0, 0.05) is 30.3 Å². The molecule has 2 atom stereocenters. The van der Waals surface area contributed by atoms with Gasteiger partial charge in [-0.1, -0.05) is 29.8 Å². The number of nitrogens with zero attached hydrogens (tertiary/aromatic N) is 2. The third kappa shape index (κ3) is 6.12. The van der Waals surface area contributed by atoms with E-state index in [1.54, 1.807) is 7.05 Å². The summed E-state index contributed by atoms with van der Waals surface area (Å²) < 4.78 is 0.972. The van der Waals surface area contributed by atoms with Crippen LogP contribution in [-0.2, 0) is 9.59 Å². The topological polar surface area (TPSA) is 52.7 Å². The Balaban J connectivity index is 1.84. The highest BCUT2D eigenvalue weighted by molar-refractivity contribution is 9.10. The van der Waals surface area contributed by atoms with E-state index in [1.165, 1.54) is 11.3 Å². The Kier molecular flexibility index (Phi) is 7.02. The molecular weight excluding hydrogens is 382 g/mol. The smallest absolute Gasteiger partial charge is 0.243 e. The van der Waals surface area contributed by atoms with Crippen LogP contribution in [0.3, 0.4) is 0 Å². The van der Waals surface area contributed by atoms with Crippen molar-refractivity contribution in [1.82, 2.24) is 9.80 Å². The van der Waals surface area contributed by atoms with E-state index in [9.17, 15) is 9.59 Å². The van der Waals surface area contributed by atoms with E-state index in [2.05, 4.69) is 40.0 Å². The standard InChI is InChI=1S/C19H28BrN3O2/c1-13-7-14(2)10-23(9-13)12-19(25)22(4)11-18(24)21-17-6-5-16(20)8-15(17)3/h5-6,8,13-14H,7,9-12H2,1-4H3,(H,21,24)/t13-,14-/m1/s1. The van der Waals surface area contributed by atoms with Crippen molar-refractivity contribution in [1.29, 1.82) is 0 Å². The van der Waals surface area contributed by atoms with Gasteiger partial charge in [0.25, 0.3) is 0 Å². The molecular formula is C19H28BrN3O2. The maximum Gasteiger partial charge on any atom is 0.243 e. The van der Waals surface area contributed by atoms with Crippen molar-refractivity contribution >= 4 is 33.4 Å². The van der Waals surface area contributed by atoms with E-state index < -0.39 is 0 Å². The molecule has 1 aromatic carbocycles. The molecule has 1 N–H and O–H groups in total. The molecule has 0 aromatic heterocycles. The summed E-state index contributed by atoms with van der Waals surface area (Å²) in [5, 5.41) is 2.87. The van der Waals surface area contributed by atoms with Crippen LogP contribution in [0.15, 0.2) is 22.7 Å². The fraction of sp³-hybridized carbons (Fsp3) is 0.579. The van der Waals surface area contributed by atoms with Crippen LogP contribution in [0.1, 0.15) is 25.8 Å². The number of benzene rings is 1. The lowest BCUT2D eigenvalue weighted by molar-refractivity contribution is -0.134. The normalized spacial score (nSPS) is 21.0. The summed E-state index contributed by atoms with van der Waals surface area (Å²) in [4.78, 5) is 28.4. The fourth-order valence-corrected chi connectivity index (χ4v) is 3.97. The second kappa shape index (κ2) is 8.81. The molecule has 25 heavy (non-hydrogen) atoms. The van der Waals surface area contributed by atoms with Crippen molar-refractivity contribution < 1.29 is 9.59 Å². The highest BCUT2D eigenvalue weighted by Gasteiger charge is 2.24. The number of halogens is 1. The molecule has 1 heterocycles. The second-order valence-corrected chi connectivity index (χ2v) is 8.31. The molecule has 6 heteroatoms. The molecule has 1 saturated heterocycles. The number of aryl methyl sites for hydroxylation is 1. The van der Waals surface area contributed by atoms with Gasteiger partial charge in [-0.25, -0.2) is 0 Å². The van der Waals surface area contributed by atoms with E-state index in [1.807, 2.05) is 25.1 Å². The number of hydrogen-bond donors (Lipinski definition) is 1. The monoisotopic (exact) mass is 409 g/mol.